The summed E-state index contributed by atoms with van der Waals surface area (Å²) in [7, 11) is 0. The Hall–Kier alpha value is -1.14. The van der Waals surface area contributed by atoms with E-state index < -0.39 is 0 Å². The molecule has 6 heteroatoms. The Bertz CT molecular complexity index is 367. The van der Waals surface area contributed by atoms with E-state index in [1.807, 2.05) is 6.26 Å². The molecule has 1 amide bonds. The number of thioether (sulfide) groups is 1. The normalized spacial score (nSPS) is 10.0. The average Bonchev–Trinajstić information content (AvgIpc) is 2.15. The fourth-order valence-corrected chi connectivity index (χ4v) is 1.83. The van der Waals surface area contributed by atoms with E-state index in [-0.39, 0.29) is 5.91 Å². The zero-order valence-corrected chi connectivity index (χ0v) is 9.10. The minimum atomic E-state index is -0.355. The summed E-state index contributed by atoms with van der Waals surface area (Å²) < 4.78 is 0. The van der Waals surface area contributed by atoms with Crippen LogP contribution in [0.3, 0.4) is 0 Å². The molecule has 76 valence electrons. The molecule has 0 spiro atoms. The standard InChI is InChI=1S/C8H12N4OS/c1-4-6(7(13)12-9)8(14-3)11-5(2)10-4/h9H2,1-3H3,(H,12,13). The van der Waals surface area contributed by atoms with Crippen LogP contribution in [0.2, 0.25) is 0 Å². The van der Waals surface area contributed by atoms with Crippen LogP contribution in [-0.2, 0) is 0 Å². The molecule has 3 N–H and O–H groups in total. The quantitative estimate of drug-likeness (QED) is 0.244. The predicted octanol–water partition coefficient (Wildman–Crippen LogP) is 0.419. The zero-order valence-electron chi connectivity index (χ0n) is 8.29. The van der Waals surface area contributed by atoms with Crippen LogP contribution >= 0.6 is 11.8 Å². The Morgan fingerprint density at radius 2 is 2.07 bits per heavy atom. The van der Waals surface area contributed by atoms with Gasteiger partial charge in [-0.2, -0.15) is 0 Å². The van der Waals surface area contributed by atoms with E-state index in [9.17, 15) is 4.79 Å². The molecule has 1 rings (SSSR count). The number of hydrogen-bond donors (Lipinski definition) is 2. The Morgan fingerprint density at radius 1 is 1.43 bits per heavy atom. The first-order valence-electron chi connectivity index (χ1n) is 4.00. The van der Waals surface area contributed by atoms with Crippen molar-refractivity contribution < 1.29 is 4.79 Å². The summed E-state index contributed by atoms with van der Waals surface area (Å²) in [6.45, 7) is 3.55. The number of nitrogens with zero attached hydrogens (tertiary/aromatic N) is 2. The maximum Gasteiger partial charge on any atom is 0.269 e. The molecule has 0 radical (unpaired) electrons. The van der Waals surface area contributed by atoms with Gasteiger partial charge < -0.3 is 0 Å². The number of aromatic nitrogens is 2. The average molecular weight is 212 g/mol. The summed E-state index contributed by atoms with van der Waals surface area (Å²) in [5, 5.41) is 0.651. The summed E-state index contributed by atoms with van der Waals surface area (Å²) in [5.74, 6) is 5.37. The van der Waals surface area contributed by atoms with Crippen molar-refractivity contribution in [2.75, 3.05) is 6.26 Å². The third-order valence-electron chi connectivity index (χ3n) is 1.72. The molecule has 0 unspecified atom stereocenters. The predicted molar refractivity (Wildman–Crippen MR) is 54.9 cm³/mol. The third-order valence-corrected chi connectivity index (χ3v) is 2.40. The fourth-order valence-electron chi connectivity index (χ4n) is 1.16. The van der Waals surface area contributed by atoms with Crippen LogP contribution < -0.4 is 11.3 Å². The van der Waals surface area contributed by atoms with Crippen LogP contribution in [0.25, 0.3) is 0 Å². The Balaban J connectivity index is 3.32. The van der Waals surface area contributed by atoms with Crippen molar-refractivity contribution in [2.45, 2.75) is 18.9 Å². The van der Waals surface area contributed by atoms with Gasteiger partial charge in [0.1, 0.15) is 10.9 Å². The highest BCUT2D eigenvalue weighted by Crippen LogP contribution is 2.19. The summed E-state index contributed by atoms with van der Waals surface area (Å²) in [6.07, 6.45) is 1.86. The van der Waals surface area contributed by atoms with Crippen molar-refractivity contribution in [3.63, 3.8) is 0 Å². The first kappa shape index (κ1) is 10.9. The van der Waals surface area contributed by atoms with Crippen LogP contribution in [0.15, 0.2) is 5.03 Å². The van der Waals surface area contributed by atoms with Gasteiger partial charge in [0.15, 0.2) is 0 Å². The molecule has 0 aliphatic heterocycles. The van der Waals surface area contributed by atoms with Crippen LogP contribution in [0, 0.1) is 13.8 Å². The highest BCUT2D eigenvalue weighted by molar-refractivity contribution is 7.98. The van der Waals surface area contributed by atoms with Crippen molar-refractivity contribution in [1.82, 2.24) is 15.4 Å². The van der Waals surface area contributed by atoms with Crippen molar-refractivity contribution in [3.8, 4) is 0 Å². The molecule has 0 atom stereocenters. The number of amides is 1. The third kappa shape index (κ3) is 2.02. The number of carbonyl (C=O) groups excluding carboxylic acids is 1. The Morgan fingerprint density at radius 3 is 2.57 bits per heavy atom. The molecule has 0 aliphatic carbocycles. The number of aryl methyl sites for hydroxylation is 2. The molecule has 1 aromatic rings. The maximum atomic E-state index is 11.4. The van der Waals surface area contributed by atoms with E-state index in [2.05, 4.69) is 15.4 Å². The smallest absolute Gasteiger partial charge is 0.269 e. The SMILES string of the molecule is CSc1nc(C)nc(C)c1C(=O)NN. The molecule has 0 aliphatic rings. The zero-order chi connectivity index (χ0) is 10.7. The van der Waals surface area contributed by atoms with Crippen LogP contribution in [-0.4, -0.2) is 22.1 Å². The second-order valence-electron chi connectivity index (χ2n) is 2.71. The largest absolute Gasteiger partial charge is 0.290 e. The van der Waals surface area contributed by atoms with Gasteiger partial charge in [-0.05, 0) is 20.1 Å². The van der Waals surface area contributed by atoms with E-state index >= 15 is 0 Å². The lowest BCUT2D eigenvalue weighted by atomic mass is 10.2. The van der Waals surface area contributed by atoms with E-state index in [1.54, 1.807) is 13.8 Å². The first-order valence-corrected chi connectivity index (χ1v) is 5.22. The molecule has 5 nitrogen and oxygen atoms in total. The summed E-state index contributed by atoms with van der Waals surface area (Å²) in [4.78, 5) is 19.7. The van der Waals surface area contributed by atoms with Crippen LogP contribution in [0.4, 0.5) is 0 Å². The molecule has 1 aromatic heterocycles. The van der Waals surface area contributed by atoms with Gasteiger partial charge in [0, 0.05) is 0 Å². The number of rotatable bonds is 2. The van der Waals surface area contributed by atoms with Crippen molar-refractivity contribution in [3.05, 3.63) is 17.1 Å². The summed E-state index contributed by atoms with van der Waals surface area (Å²) in [5.41, 5.74) is 3.18. The number of hydrogen-bond acceptors (Lipinski definition) is 5. The maximum absolute atomic E-state index is 11.4. The summed E-state index contributed by atoms with van der Waals surface area (Å²) >= 11 is 1.40. The second kappa shape index (κ2) is 4.39. The van der Waals surface area contributed by atoms with E-state index in [0.717, 1.165) is 0 Å². The minimum absolute atomic E-state index is 0.355. The minimum Gasteiger partial charge on any atom is -0.290 e. The lowest BCUT2D eigenvalue weighted by molar-refractivity contribution is 0.0948. The lowest BCUT2D eigenvalue weighted by Gasteiger charge is -2.08. The van der Waals surface area contributed by atoms with Crippen LogP contribution in [0.1, 0.15) is 21.9 Å². The molecule has 0 saturated carbocycles. The second-order valence-corrected chi connectivity index (χ2v) is 3.51. The molecular weight excluding hydrogens is 200 g/mol. The topological polar surface area (TPSA) is 80.9 Å². The van der Waals surface area contributed by atoms with Gasteiger partial charge in [-0.1, -0.05) is 0 Å². The molecule has 0 aromatic carbocycles. The fraction of sp³-hybridized carbons (Fsp3) is 0.375. The number of nitrogens with one attached hydrogen (secondary N) is 1. The van der Waals surface area contributed by atoms with Crippen molar-refractivity contribution in [2.24, 2.45) is 5.84 Å². The first-order chi connectivity index (χ1) is 6.60. The van der Waals surface area contributed by atoms with E-state index in [0.29, 0.717) is 22.1 Å². The Labute approximate surface area is 86.5 Å². The van der Waals surface area contributed by atoms with Gasteiger partial charge in [0.25, 0.3) is 5.91 Å². The van der Waals surface area contributed by atoms with Crippen LogP contribution in [0.5, 0.6) is 0 Å². The monoisotopic (exact) mass is 212 g/mol. The van der Waals surface area contributed by atoms with Gasteiger partial charge in [-0.15, -0.1) is 11.8 Å². The van der Waals surface area contributed by atoms with E-state index in [1.165, 1.54) is 11.8 Å². The number of hydrazine groups is 1. The molecular formula is C8H12N4OS. The van der Waals surface area contributed by atoms with Crippen molar-refractivity contribution >= 4 is 17.7 Å². The molecule has 0 bridgehead atoms. The lowest BCUT2D eigenvalue weighted by Crippen LogP contribution is -2.31. The number of nitrogen functional groups attached to an aromatic ring is 1. The number of nitrogens with two attached hydrogens (primary N) is 1. The number of carbonyl (C=O) groups is 1. The van der Waals surface area contributed by atoms with Crippen molar-refractivity contribution in [1.29, 1.82) is 0 Å². The molecule has 14 heavy (non-hydrogen) atoms. The van der Waals surface area contributed by atoms with Gasteiger partial charge >= 0.3 is 0 Å². The molecule has 1 heterocycles. The van der Waals surface area contributed by atoms with Gasteiger partial charge in [0.05, 0.1) is 11.3 Å². The van der Waals surface area contributed by atoms with Gasteiger partial charge in [-0.25, -0.2) is 15.8 Å². The van der Waals surface area contributed by atoms with E-state index in [4.69, 9.17) is 5.84 Å². The van der Waals surface area contributed by atoms with Gasteiger partial charge in [-0.3, -0.25) is 10.2 Å². The summed E-state index contributed by atoms with van der Waals surface area (Å²) in [6, 6.07) is 0. The van der Waals surface area contributed by atoms with Gasteiger partial charge in [0.2, 0.25) is 0 Å². The molecule has 0 fully saturated rings. The molecule has 0 saturated heterocycles. The highest BCUT2D eigenvalue weighted by Gasteiger charge is 2.15. The Kier molecular flexibility index (Phi) is 3.43. The highest BCUT2D eigenvalue weighted by atomic mass is 32.2.